The van der Waals surface area contributed by atoms with Crippen LogP contribution in [0.1, 0.15) is 64.0 Å². The monoisotopic (exact) mass is 289 g/mol. The van der Waals surface area contributed by atoms with Crippen molar-refractivity contribution >= 4 is 5.91 Å². The van der Waals surface area contributed by atoms with Crippen molar-refractivity contribution in [3.63, 3.8) is 0 Å². The number of hydrogen-bond acceptors (Lipinski definition) is 1. The van der Waals surface area contributed by atoms with Gasteiger partial charge in [0, 0.05) is 19.0 Å². The molecule has 0 heterocycles. The smallest absolute Gasteiger partial charge is 0.223 e. The first-order valence-electron chi connectivity index (χ1n) is 8.43. The van der Waals surface area contributed by atoms with Gasteiger partial charge in [0.1, 0.15) is 0 Å². The number of amides is 1. The molecule has 1 amide bonds. The Morgan fingerprint density at radius 3 is 2.38 bits per heavy atom. The molecule has 0 radical (unpaired) electrons. The van der Waals surface area contributed by atoms with E-state index in [9.17, 15) is 4.79 Å². The van der Waals surface area contributed by atoms with Gasteiger partial charge in [0.15, 0.2) is 0 Å². The van der Waals surface area contributed by atoms with Gasteiger partial charge in [0.2, 0.25) is 5.91 Å². The summed E-state index contributed by atoms with van der Waals surface area (Å²) < 4.78 is 0. The number of nitrogens with zero attached hydrogens (tertiary/aromatic N) is 1. The number of carbonyl (C=O) groups excluding carboxylic acids is 1. The zero-order valence-corrected chi connectivity index (χ0v) is 14.2. The molecule has 0 spiro atoms. The first-order valence-corrected chi connectivity index (χ1v) is 8.43. The van der Waals surface area contributed by atoms with Crippen molar-refractivity contribution in [2.24, 2.45) is 0 Å². The van der Waals surface area contributed by atoms with Crippen LogP contribution in [-0.4, -0.2) is 23.4 Å². The molecule has 118 valence electrons. The molecule has 2 nitrogen and oxygen atoms in total. The van der Waals surface area contributed by atoms with Crippen LogP contribution in [0, 0.1) is 6.92 Å². The van der Waals surface area contributed by atoms with E-state index in [1.54, 1.807) is 0 Å². The van der Waals surface area contributed by atoms with Crippen molar-refractivity contribution in [1.29, 1.82) is 0 Å². The van der Waals surface area contributed by atoms with Gasteiger partial charge in [-0.25, -0.2) is 0 Å². The van der Waals surface area contributed by atoms with E-state index in [1.165, 1.54) is 30.4 Å². The maximum Gasteiger partial charge on any atom is 0.223 e. The topological polar surface area (TPSA) is 20.3 Å². The Morgan fingerprint density at radius 2 is 1.81 bits per heavy atom. The highest BCUT2D eigenvalue weighted by atomic mass is 16.2. The molecule has 21 heavy (non-hydrogen) atoms. The zero-order chi connectivity index (χ0) is 15.7. The van der Waals surface area contributed by atoms with E-state index in [-0.39, 0.29) is 0 Å². The highest BCUT2D eigenvalue weighted by Crippen LogP contribution is 2.13. The Morgan fingerprint density at radius 1 is 1.14 bits per heavy atom. The molecule has 0 saturated carbocycles. The number of carbonyl (C=O) groups is 1. The average Bonchev–Trinajstić information content (AvgIpc) is 2.47. The molecule has 0 bridgehead atoms. The standard InChI is InChI=1S/C19H31NO/c1-5-7-8-9-17(4)20(6-2)19(21)15-14-18-12-10-16(3)11-13-18/h10-13,17H,5-9,14-15H2,1-4H3. The number of aryl methyl sites for hydroxylation is 2. The average molecular weight is 289 g/mol. The summed E-state index contributed by atoms with van der Waals surface area (Å²) in [6.07, 6.45) is 6.31. The highest BCUT2D eigenvalue weighted by molar-refractivity contribution is 5.76. The van der Waals surface area contributed by atoms with Gasteiger partial charge >= 0.3 is 0 Å². The predicted molar refractivity (Wildman–Crippen MR) is 90.5 cm³/mol. The van der Waals surface area contributed by atoms with Crippen LogP contribution in [0.4, 0.5) is 0 Å². The fraction of sp³-hybridized carbons (Fsp3) is 0.632. The van der Waals surface area contributed by atoms with Crippen molar-refractivity contribution in [3.8, 4) is 0 Å². The van der Waals surface area contributed by atoms with Crippen LogP contribution >= 0.6 is 0 Å². The lowest BCUT2D eigenvalue weighted by Crippen LogP contribution is -2.38. The van der Waals surface area contributed by atoms with Gasteiger partial charge < -0.3 is 4.90 Å². The Kier molecular flexibility index (Phi) is 8.11. The summed E-state index contributed by atoms with van der Waals surface area (Å²) in [5, 5.41) is 0. The first-order chi connectivity index (χ1) is 10.1. The van der Waals surface area contributed by atoms with Crippen molar-refractivity contribution in [2.45, 2.75) is 72.3 Å². The van der Waals surface area contributed by atoms with Crippen molar-refractivity contribution in [1.82, 2.24) is 4.90 Å². The molecule has 1 unspecified atom stereocenters. The lowest BCUT2D eigenvalue weighted by Gasteiger charge is -2.28. The molecular weight excluding hydrogens is 258 g/mol. The SMILES string of the molecule is CCCCCC(C)N(CC)C(=O)CCc1ccc(C)cc1. The van der Waals surface area contributed by atoms with Gasteiger partial charge in [-0.1, -0.05) is 56.0 Å². The Bertz CT molecular complexity index is 410. The zero-order valence-electron chi connectivity index (χ0n) is 14.2. The minimum absolute atomic E-state index is 0.294. The van der Waals surface area contributed by atoms with Crippen molar-refractivity contribution in [2.75, 3.05) is 6.54 Å². The molecule has 0 aliphatic rings. The molecule has 1 atom stereocenters. The van der Waals surface area contributed by atoms with Crippen LogP contribution in [0.3, 0.4) is 0 Å². The Hall–Kier alpha value is -1.31. The molecule has 0 saturated heterocycles. The van der Waals surface area contributed by atoms with Crippen LogP contribution in [0.15, 0.2) is 24.3 Å². The molecule has 0 aromatic heterocycles. The van der Waals surface area contributed by atoms with Gasteiger partial charge in [-0.3, -0.25) is 4.79 Å². The molecular formula is C19H31NO. The molecule has 0 aliphatic heterocycles. The molecule has 2 heteroatoms. The van der Waals surface area contributed by atoms with Gasteiger partial charge in [0.25, 0.3) is 0 Å². The predicted octanol–water partition coefficient (Wildman–Crippen LogP) is 4.74. The van der Waals surface area contributed by atoms with Crippen LogP contribution < -0.4 is 0 Å². The van der Waals surface area contributed by atoms with Gasteiger partial charge in [0.05, 0.1) is 0 Å². The van der Waals surface area contributed by atoms with Crippen LogP contribution in [0.2, 0.25) is 0 Å². The second-order valence-electron chi connectivity index (χ2n) is 6.01. The van der Waals surface area contributed by atoms with Crippen molar-refractivity contribution in [3.05, 3.63) is 35.4 Å². The first kappa shape index (κ1) is 17.7. The third-order valence-corrected chi connectivity index (χ3v) is 4.17. The highest BCUT2D eigenvalue weighted by Gasteiger charge is 2.17. The van der Waals surface area contributed by atoms with Crippen LogP contribution in [0.5, 0.6) is 0 Å². The second-order valence-corrected chi connectivity index (χ2v) is 6.01. The summed E-state index contributed by atoms with van der Waals surface area (Å²) in [5.41, 5.74) is 2.52. The summed E-state index contributed by atoms with van der Waals surface area (Å²) in [6, 6.07) is 8.86. The molecule has 0 fully saturated rings. The van der Waals surface area contributed by atoms with E-state index in [2.05, 4.69) is 52.0 Å². The summed E-state index contributed by atoms with van der Waals surface area (Å²) in [7, 11) is 0. The van der Waals surface area contributed by atoms with E-state index in [4.69, 9.17) is 0 Å². The van der Waals surface area contributed by atoms with Gasteiger partial charge in [-0.15, -0.1) is 0 Å². The normalized spacial score (nSPS) is 12.2. The lowest BCUT2D eigenvalue weighted by molar-refractivity contribution is -0.133. The number of unbranched alkanes of at least 4 members (excludes halogenated alkanes) is 2. The fourth-order valence-electron chi connectivity index (χ4n) is 2.73. The quantitative estimate of drug-likeness (QED) is 0.601. The number of rotatable bonds is 9. The molecule has 1 aromatic carbocycles. The Labute approximate surface area is 130 Å². The van der Waals surface area contributed by atoms with Crippen molar-refractivity contribution < 1.29 is 4.79 Å². The van der Waals surface area contributed by atoms with Gasteiger partial charge in [-0.05, 0) is 39.2 Å². The maximum absolute atomic E-state index is 12.4. The summed E-state index contributed by atoms with van der Waals surface area (Å²) >= 11 is 0. The summed E-state index contributed by atoms with van der Waals surface area (Å²) in [6.45, 7) is 9.39. The van der Waals surface area contributed by atoms with E-state index in [0.29, 0.717) is 18.4 Å². The minimum Gasteiger partial charge on any atom is -0.340 e. The minimum atomic E-state index is 0.294. The summed E-state index contributed by atoms with van der Waals surface area (Å²) in [5.74, 6) is 0.294. The lowest BCUT2D eigenvalue weighted by atomic mass is 10.1. The second kappa shape index (κ2) is 9.59. The molecule has 0 aliphatic carbocycles. The molecule has 1 rings (SSSR count). The van der Waals surface area contributed by atoms with Crippen LogP contribution in [0.25, 0.3) is 0 Å². The molecule has 0 N–H and O–H groups in total. The molecule has 1 aromatic rings. The Balaban J connectivity index is 2.45. The van der Waals surface area contributed by atoms with E-state index < -0.39 is 0 Å². The third kappa shape index (κ3) is 6.33. The fourth-order valence-corrected chi connectivity index (χ4v) is 2.73. The number of benzene rings is 1. The van der Waals surface area contributed by atoms with Crippen LogP contribution in [-0.2, 0) is 11.2 Å². The summed E-state index contributed by atoms with van der Waals surface area (Å²) in [4.78, 5) is 14.5. The van der Waals surface area contributed by atoms with E-state index in [1.807, 2.05) is 4.90 Å². The van der Waals surface area contributed by atoms with E-state index in [0.717, 1.165) is 19.4 Å². The maximum atomic E-state index is 12.4. The van der Waals surface area contributed by atoms with Gasteiger partial charge in [-0.2, -0.15) is 0 Å². The van der Waals surface area contributed by atoms with E-state index >= 15 is 0 Å². The third-order valence-electron chi connectivity index (χ3n) is 4.17. The largest absolute Gasteiger partial charge is 0.340 e. The number of hydrogen-bond donors (Lipinski definition) is 0.